The van der Waals surface area contributed by atoms with E-state index in [4.69, 9.17) is 16.3 Å². The van der Waals surface area contributed by atoms with Crippen molar-refractivity contribution in [2.24, 2.45) is 0 Å². The number of aromatic nitrogens is 2. The topological polar surface area (TPSA) is 47.0 Å². The van der Waals surface area contributed by atoms with E-state index >= 15 is 0 Å². The van der Waals surface area contributed by atoms with Crippen LogP contribution in [0.3, 0.4) is 0 Å². The molecule has 0 spiro atoms. The molecule has 0 saturated carbocycles. The molecule has 4 nitrogen and oxygen atoms in total. The molecule has 19 heavy (non-hydrogen) atoms. The van der Waals surface area contributed by atoms with Crippen molar-refractivity contribution in [3.63, 3.8) is 0 Å². The molecular formula is C13H14ClN3OS. The maximum absolute atomic E-state index is 5.84. The Morgan fingerprint density at radius 2 is 2.00 bits per heavy atom. The Balaban J connectivity index is 2.08. The summed E-state index contributed by atoms with van der Waals surface area (Å²) in [6.45, 7) is 0.450. The molecule has 0 aliphatic carbocycles. The fourth-order valence-corrected chi connectivity index (χ4v) is 1.93. The fraction of sp³-hybridized carbons (Fsp3) is 0.231. The van der Waals surface area contributed by atoms with E-state index in [0.717, 1.165) is 11.4 Å². The lowest BCUT2D eigenvalue weighted by Gasteiger charge is -2.08. The van der Waals surface area contributed by atoms with Crippen molar-refractivity contribution in [3.05, 3.63) is 40.9 Å². The quantitative estimate of drug-likeness (QED) is 0.676. The zero-order valence-corrected chi connectivity index (χ0v) is 12.3. The van der Waals surface area contributed by atoms with Crippen molar-refractivity contribution in [3.8, 4) is 5.88 Å². The molecule has 0 fully saturated rings. The minimum absolute atomic E-state index is 0.450. The Labute approximate surface area is 121 Å². The van der Waals surface area contributed by atoms with Crippen LogP contribution < -0.4 is 10.1 Å². The van der Waals surface area contributed by atoms with Crippen molar-refractivity contribution in [2.75, 3.05) is 18.6 Å². The van der Waals surface area contributed by atoms with Crippen LogP contribution in [-0.2, 0) is 6.61 Å². The lowest BCUT2D eigenvalue weighted by molar-refractivity contribution is 0.291. The van der Waals surface area contributed by atoms with E-state index in [-0.39, 0.29) is 0 Å². The third kappa shape index (κ3) is 4.01. The SMILES string of the molecule is CNc1cc(OCc2ccc(Cl)cc2)nc(SC)n1. The average Bonchev–Trinajstić information content (AvgIpc) is 2.46. The highest BCUT2D eigenvalue weighted by atomic mass is 35.5. The molecule has 2 rings (SSSR count). The highest BCUT2D eigenvalue weighted by Crippen LogP contribution is 2.19. The highest BCUT2D eigenvalue weighted by Gasteiger charge is 2.04. The molecule has 0 unspecified atom stereocenters. The lowest BCUT2D eigenvalue weighted by Crippen LogP contribution is -2.01. The summed E-state index contributed by atoms with van der Waals surface area (Å²) in [7, 11) is 1.81. The molecule has 2 aromatic rings. The normalized spacial score (nSPS) is 10.3. The molecule has 0 atom stereocenters. The van der Waals surface area contributed by atoms with E-state index < -0.39 is 0 Å². The second kappa shape index (κ2) is 6.63. The maximum atomic E-state index is 5.84. The monoisotopic (exact) mass is 295 g/mol. The summed E-state index contributed by atoms with van der Waals surface area (Å²) >= 11 is 7.31. The molecule has 0 amide bonds. The van der Waals surface area contributed by atoms with E-state index in [1.54, 1.807) is 6.07 Å². The minimum atomic E-state index is 0.450. The van der Waals surface area contributed by atoms with Crippen LogP contribution in [0.2, 0.25) is 5.02 Å². The molecule has 0 bridgehead atoms. The highest BCUT2D eigenvalue weighted by molar-refractivity contribution is 7.98. The Morgan fingerprint density at radius 3 is 2.63 bits per heavy atom. The van der Waals surface area contributed by atoms with Crippen LogP contribution in [0.4, 0.5) is 5.82 Å². The van der Waals surface area contributed by atoms with Gasteiger partial charge in [0.1, 0.15) is 12.4 Å². The smallest absolute Gasteiger partial charge is 0.219 e. The van der Waals surface area contributed by atoms with E-state index in [0.29, 0.717) is 22.7 Å². The predicted molar refractivity (Wildman–Crippen MR) is 79.1 cm³/mol. The number of halogens is 1. The van der Waals surface area contributed by atoms with Gasteiger partial charge in [0.2, 0.25) is 5.88 Å². The van der Waals surface area contributed by atoms with E-state index in [2.05, 4.69) is 15.3 Å². The predicted octanol–water partition coefficient (Wildman–Crippen LogP) is 3.47. The van der Waals surface area contributed by atoms with Crippen molar-refractivity contribution in [2.45, 2.75) is 11.8 Å². The van der Waals surface area contributed by atoms with Crippen LogP contribution in [0.25, 0.3) is 0 Å². The van der Waals surface area contributed by atoms with Gasteiger partial charge in [-0.2, -0.15) is 4.98 Å². The van der Waals surface area contributed by atoms with Gasteiger partial charge in [-0.1, -0.05) is 35.5 Å². The number of anilines is 1. The number of nitrogens with one attached hydrogen (secondary N) is 1. The number of rotatable bonds is 5. The number of hydrogen-bond donors (Lipinski definition) is 1. The molecule has 0 radical (unpaired) electrons. The van der Waals surface area contributed by atoms with E-state index in [1.165, 1.54) is 11.8 Å². The van der Waals surface area contributed by atoms with Crippen LogP contribution in [0.5, 0.6) is 5.88 Å². The number of nitrogens with zero attached hydrogens (tertiary/aromatic N) is 2. The van der Waals surface area contributed by atoms with Crippen LogP contribution in [-0.4, -0.2) is 23.3 Å². The second-order valence-electron chi connectivity index (χ2n) is 3.74. The fourth-order valence-electron chi connectivity index (χ4n) is 1.44. The van der Waals surface area contributed by atoms with Gasteiger partial charge in [0.15, 0.2) is 5.16 Å². The van der Waals surface area contributed by atoms with Crippen LogP contribution in [0.15, 0.2) is 35.5 Å². The largest absolute Gasteiger partial charge is 0.473 e. The Morgan fingerprint density at radius 1 is 1.26 bits per heavy atom. The molecule has 100 valence electrons. The Bertz CT molecular complexity index is 526. The molecule has 6 heteroatoms. The number of benzene rings is 1. The number of hydrogen-bond acceptors (Lipinski definition) is 5. The van der Waals surface area contributed by atoms with Gasteiger partial charge in [-0.3, -0.25) is 0 Å². The van der Waals surface area contributed by atoms with Gasteiger partial charge in [0.25, 0.3) is 0 Å². The average molecular weight is 296 g/mol. The Kier molecular flexibility index (Phi) is 4.87. The zero-order valence-electron chi connectivity index (χ0n) is 10.7. The summed E-state index contributed by atoms with van der Waals surface area (Å²) in [4.78, 5) is 8.58. The van der Waals surface area contributed by atoms with Crippen molar-refractivity contribution < 1.29 is 4.74 Å². The molecular weight excluding hydrogens is 282 g/mol. The molecule has 0 aliphatic heterocycles. The molecule has 1 aromatic carbocycles. The maximum Gasteiger partial charge on any atom is 0.219 e. The standard InChI is InChI=1S/C13H14ClN3OS/c1-15-11-7-12(17-13(16-11)19-2)18-8-9-3-5-10(14)6-4-9/h3-7H,8H2,1-2H3,(H,15,16,17). The summed E-state index contributed by atoms with van der Waals surface area (Å²) in [6.07, 6.45) is 1.93. The van der Waals surface area contributed by atoms with Gasteiger partial charge < -0.3 is 10.1 Å². The molecule has 1 heterocycles. The van der Waals surface area contributed by atoms with Crippen molar-refractivity contribution in [1.29, 1.82) is 0 Å². The minimum Gasteiger partial charge on any atom is -0.473 e. The first-order valence-electron chi connectivity index (χ1n) is 5.69. The molecule has 0 aliphatic rings. The van der Waals surface area contributed by atoms with E-state index in [1.807, 2.05) is 37.6 Å². The summed E-state index contributed by atoms with van der Waals surface area (Å²) in [6, 6.07) is 9.31. The first-order valence-corrected chi connectivity index (χ1v) is 7.29. The van der Waals surface area contributed by atoms with Crippen LogP contribution >= 0.6 is 23.4 Å². The van der Waals surface area contributed by atoms with E-state index in [9.17, 15) is 0 Å². The third-order valence-electron chi connectivity index (χ3n) is 2.42. The van der Waals surface area contributed by atoms with Gasteiger partial charge in [0.05, 0.1) is 0 Å². The van der Waals surface area contributed by atoms with Crippen LogP contribution in [0, 0.1) is 0 Å². The number of ether oxygens (including phenoxy) is 1. The molecule has 1 aromatic heterocycles. The zero-order chi connectivity index (χ0) is 13.7. The summed E-state index contributed by atoms with van der Waals surface area (Å²) in [5.41, 5.74) is 1.04. The molecule has 1 N–H and O–H groups in total. The summed E-state index contributed by atoms with van der Waals surface area (Å²) in [5.74, 6) is 1.30. The van der Waals surface area contributed by atoms with Gasteiger partial charge in [0, 0.05) is 18.1 Å². The van der Waals surface area contributed by atoms with Gasteiger partial charge in [-0.05, 0) is 24.0 Å². The number of thioether (sulfide) groups is 1. The van der Waals surface area contributed by atoms with Crippen LogP contribution in [0.1, 0.15) is 5.56 Å². The van der Waals surface area contributed by atoms with Gasteiger partial charge >= 0.3 is 0 Å². The Hall–Kier alpha value is -1.46. The lowest BCUT2D eigenvalue weighted by atomic mass is 10.2. The third-order valence-corrected chi connectivity index (χ3v) is 3.22. The van der Waals surface area contributed by atoms with Gasteiger partial charge in [-0.15, -0.1) is 0 Å². The van der Waals surface area contributed by atoms with Crippen molar-refractivity contribution in [1.82, 2.24) is 9.97 Å². The summed E-state index contributed by atoms with van der Waals surface area (Å²) in [5, 5.41) is 4.38. The van der Waals surface area contributed by atoms with Crippen molar-refractivity contribution >= 4 is 29.2 Å². The first kappa shape index (κ1) is 14.0. The van der Waals surface area contributed by atoms with Gasteiger partial charge in [-0.25, -0.2) is 4.98 Å². The molecule has 0 saturated heterocycles. The second-order valence-corrected chi connectivity index (χ2v) is 4.95. The summed E-state index contributed by atoms with van der Waals surface area (Å²) < 4.78 is 5.67. The first-order chi connectivity index (χ1) is 9.21.